The van der Waals surface area contributed by atoms with Crippen molar-refractivity contribution in [3.63, 3.8) is 0 Å². The number of hydrogen-bond acceptors (Lipinski definition) is 6. The summed E-state index contributed by atoms with van der Waals surface area (Å²) in [5.74, 6) is -0.594. The summed E-state index contributed by atoms with van der Waals surface area (Å²) in [5.41, 5.74) is 7.98. The van der Waals surface area contributed by atoms with Crippen molar-refractivity contribution < 1.29 is 8.78 Å². The molecule has 0 aliphatic heterocycles. The van der Waals surface area contributed by atoms with Crippen molar-refractivity contribution in [3.8, 4) is 11.1 Å². The molecule has 0 spiro atoms. The smallest absolute Gasteiger partial charge is 0.263 e. The summed E-state index contributed by atoms with van der Waals surface area (Å²) in [6, 6.07) is 9.81. The van der Waals surface area contributed by atoms with Crippen molar-refractivity contribution in [1.29, 1.82) is 0 Å². The average Bonchev–Trinajstić information content (AvgIpc) is 3.22. The van der Waals surface area contributed by atoms with E-state index in [1.54, 1.807) is 12.1 Å². The Bertz CT molecular complexity index is 1540. The Morgan fingerprint density at radius 1 is 1.12 bits per heavy atom. The highest BCUT2D eigenvalue weighted by molar-refractivity contribution is 5.84. The minimum absolute atomic E-state index is 0.0405. The van der Waals surface area contributed by atoms with Gasteiger partial charge < -0.3 is 16.0 Å². The van der Waals surface area contributed by atoms with Crippen LogP contribution in [0.2, 0.25) is 0 Å². The molecule has 160 valence electrons. The molecule has 0 aliphatic carbocycles. The summed E-state index contributed by atoms with van der Waals surface area (Å²) in [4.78, 5) is 28.8. The van der Waals surface area contributed by atoms with E-state index in [1.807, 2.05) is 6.92 Å². The largest absolute Gasteiger partial charge is 0.368 e. The standard InChI is InChI=1S/C22H17F2N7O/c1-11(28-20-18-19(27-10-26-18)29-22(25)30-20)16-8-15-6-5-14(24)9-31(15)21(32)17(16)12-3-2-4-13(23)7-12/h2-11H,1H3,(H4,25,26,27,28,29,30)/t11-/m1/s1. The van der Waals surface area contributed by atoms with Gasteiger partial charge in [-0.2, -0.15) is 9.97 Å². The molecule has 1 atom stereocenters. The molecule has 0 aliphatic rings. The molecule has 10 heteroatoms. The minimum Gasteiger partial charge on any atom is -0.368 e. The summed E-state index contributed by atoms with van der Waals surface area (Å²) in [5, 5.41) is 3.24. The first kappa shape index (κ1) is 19.6. The molecular weight excluding hydrogens is 416 g/mol. The fraction of sp³-hybridized carbons (Fsp3) is 0.0909. The summed E-state index contributed by atoms with van der Waals surface area (Å²) in [7, 11) is 0. The van der Waals surface area contributed by atoms with Crippen molar-refractivity contribution in [2.24, 2.45) is 0 Å². The minimum atomic E-state index is -0.554. The predicted molar refractivity (Wildman–Crippen MR) is 117 cm³/mol. The molecule has 0 saturated heterocycles. The number of nitrogens with zero attached hydrogens (tertiary/aromatic N) is 4. The van der Waals surface area contributed by atoms with Gasteiger partial charge in [-0.25, -0.2) is 13.8 Å². The van der Waals surface area contributed by atoms with Crippen LogP contribution >= 0.6 is 0 Å². The van der Waals surface area contributed by atoms with Crippen molar-refractivity contribution in [3.05, 3.63) is 82.5 Å². The molecule has 4 N–H and O–H groups in total. The SMILES string of the molecule is C[C@@H](Nc1nc(N)nc2nc[nH]c12)c1cc2ccc(F)cn2c(=O)c1-c1cccc(F)c1. The van der Waals surface area contributed by atoms with Gasteiger partial charge in [0.1, 0.15) is 17.2 Å². The quantitative estimate of drug-likeness (QED) is 0.399. The number of aromatic nitrogens is 5. The third kappa shape index (κ3) is 3.31. The number of H-pyrrole nitrogens is 1. The van der Waals surface area contributed by atoms with Crippen molar-refractivity contribution >= 4 is 28.4 Å². The number of aromatic amines is 1. The third-order valence-electron chi connectivity index (χ3n) is 5.20. The zero-order valence-electron chi connectivity index (χ0n) is 16.8. The summed E-state index contributed by atoms with van der Waals surface area (Å²) < 4.78 is 29.1. The molecular formula is C22H17F2N7O. The molecule has 4 heterocycles. The molecule has 0 radical (unpaired) electrons. The highest BCUT2D eigenvalue weighted by Gasteiger charge is 2.20. The van der Waals surface area contributed by atoms with Gasteiger partial charge in [-0.3, -0.25) is 9.20 Å². The molecule has 8 nitrogen and oxygen atoms in total. The van der Waals surface area contributed by atoms with Gasteiger partial charge in [0, 0.05) is 11.7 Å². The zero-order chi connectivity index (χ0) is 22.4. The number of nitrogens with one attached hydrogen (secondary N) is 2. The van der Waals surface area contributed by atoms with Crippen molar-refractivity contribution in [1.82, 2.24) is 24.3 Å². The van der Waals surface area contributed by atoms with E-state index in [4.69, 9.17) is 5.73 Å². The Labute approximate surface area is 179 Å². The van der Waals surface area contributed by atoms with Crippen LogP contribution in [0, 0.1) is 11.6 Å². The van der Waals surface area contributed by atoms with Gasteiger partial charge >= 0.3 is 0 Å². The van der Waals surface area contributed by atoms with E-state index in [2.05, 4.69) is 25.3 Å². The number of pyridine rings is 2. The van der Waals surface area contributed by atoms with Crippen LogP contribution in [0.3, 0.4) is 0 Å². The number of hydrogen-bond donors (Lipinski definition) is 3. The van der Waals surface area contributed by atoms with Crippen molar-refractivity contribution in [2.45, 2.75) is 13.0 Å². The number of halogens is 2. The van der Waals surface area contributed by atoms with Gasteiger partial charge in [-0.15, -0.1) is 0 Å². The van der Waals surface area contributed by atoms with Crippen LogP contribution in [0.5, 0.6) is 0 Å². The highest BCUT2D eigenvalue weighted by Crippen LogP contribution is 2.30. The van der Waals surface area contributed by atoms with Gasteiger partial charge in [0.2, 0.25) is 5.95 Å². The second-order valence-corrected chi connectivity index (χ2v) is 7.33. The first-order chi connectivity index (χ1) is 15.4. The number of benzene rings is 1. The second kappa shape index (κ2) is 7.41. The van der Waals surface area contributed by atoms with Crippen LogP contribution in [-0.2, 0) is 0 Å². The fourth-order valence-corrected chi connectivity index (χ4v) is 3.77. The van der Waals surface area contributed by atoms with Gasteiger partial charge in [-0.05, 0) is 48.4 Å². The number of nitrogens with two attached hydrogens (primary N) is 1. The molecule has 0 saturated carbocycles. The number of anilines is 2. The Hall–Kier alpha value is -4.34. The van der Waals surface area contributed by atoms with E-state index in [0.717, 1.165) is 6.20 Å². The van der Waals surface area contributed by atoms with Crippen LogP contribution in [-0.4, -0.2) is 24.3 Å². The van der Waals surface area contributed by atoms with Crippen LogP contribution in [0.25, 0.3) is 27.8 Å². The first-order valence-electron chi connectivity index (χ1n) is 9.74. The zero-order valence-corrected chi connectivity index (χ0v) is 16.8. The Balaban J connectivity index is 1.71. The van der Waals surface area contributed by atoms with Gasteiger partial charge in [-0.1, -0.05) is 12.1 Å². The predicted octanol–water partition coefficient (Wildman–Crippen LogP) is 3.67. The maximum absolute atomic E-state index is 14.0. The summed E-state index contributed by atoms with van der Waals surface area (Å²) in [6.45, 7) is 1.83. The fourth-order valence-electron chi connectivity index (χ4n) is 3.77. The lowest BCUT2D eigenvalue weighted by Gasteiger charge is -2.20. The third-order valence-corrected chi connectivity index (χ3v) is 5.20. The highest BCUT2D eigenvalue weighted by atomic mass is 19.1. The van der Waals surface area contributed by atoms with Crippen LogP contribution < -0.4 is 16.6 Å². The van der Waals surface area contributed by atoms with E-state index in [0.29, 0.717) is 33.6 Å². The maximum atomic E-state index is 14.0. The molecule has 0 fully saturated rings. The molecule has 0 unspecified atom stereocenters. The second-order valence-electron chi connectivity index (χ2n) is 7.33. The number of rotatable bonds is 4. The van der Waals surface area contributed by atoms with E-state index < -0.39 is 23.2 Å². The van der Waals surface area contributed by atoms with Gasteiger partial charge in [0.15, 0.2) is 11.5 Å². The average molecular weight is 433 g/mol. The monoisotopic (exact) mass is 433 g/mol. The van der Waals surface area contributed by atoms with Crippen LogP contribution in [0.15, 0.2) is 59.8 Å². The lowest BCUT2D eigenvalue weighted by atomic mass is 9.96. The van der Waals surface area contributed by atoms with E-state index in [1.165, 1.54) is 41.1 Å². The van der Waals surface area contributed by atoms with E-state index >= 15 is 0 Å². The molecule has 32 heavy (non-hydrogen) atoms. The first-order valence-corrected chi connectivity index (χ1v) is 9.74. The normalized spacial score (nSPS) is 12.3. The number of imidazole rings is 1. The maximum Gasteiger partial charge on any atom is 0.263 e. The Morgan fingerprint density at radius 3 is 2.78 bits per heavy atom. The summed E-state index contributed by atoms with van der Waals surface area (Å²) in [6.07, 6.45) is 2.59. The number of nitrogen functional groups attached to an aromatic ring is 1. The Kier molecular flexibility index (Phi) is 4.54. The summed E-state index contributed by atoms with van der Waals surface area (Å²) >= 11 is 0. The van der Waals surface area contributed by atoms with Crippen LogP contribution in [0.4, 0.5) is 20.5 Å². The van der Waals surface area contributed by atoms with Gasteiger partial charge in [0.05, 0.1) is 17.9 Å². The molecule has 1 aromatic carbocycles. The molecule has 5 aromatic rings. The lowest BCUT2D eigenvalue weighted by Crippen LogP contribution is -2.21. The van der Waals surface area contributed by atoms with Crippen molar-refractivity contribution in [2.75, 3.05) is 11.1 Å². The van der Waals surface area contributed by atoms with E-state index in [9.17, 15) is 13.6 Å². The molecule has 5 rings (SSSR count). The Morgan fingerprint density at radius 2 is 1.97 bits per heavy atom. The molecule has 4 aromatic heterocycles. The topological polar surface area (TPSA) is 114 Å². The molecule has 0 bridgehead atoms. The molecule has 0 amide bonds. The van der Waals surface area contributed by atoms with Gasteiger partial charge in [0.25, 0.3) is 5.56 Å². The lowest BCUT2D eigenvalue weighted by molar-refractivity contribution is 0.618. The number of fused-ring (bicyclic) bond motifs is 2. The van der Waals surface area contributed by atoms with Crippen LogP contribution in [0.1, 0.15) is 18.5 Å². The van der Waals surface area contributed by atoms with E-state index in [-0.39, 0.29) is 11.5 Å².